The smallest absolute Gasteiger partial charge is 0.264 e. The lowest BCUT2D eigenvalue weighted by atomic mass is 10.1. The summed E-state index contributed by atoms with van der Waals surface area (Å²) in [5.74, 6) is -0.700. The highest BCUT2D eigenvalue weighted by atomic mass is 35.5. The Bertz CT molecular complexity index is 1460. The van der Waals surface area contributed by atoms with Crippen LogP contribution in [-0.4, -0.2) is 44.3 Å². The van der Waals surface area contributed by atoms with Crippen molar-refractivity contribution in [3.8, 4) is 0 Å². The van der Waals surface area contributed by atoms with Crippen molar-refractivity contribution in [1.29, 1.82) is 0 Å². The van der Waals surface area contributed by atoms with Crippen LogP contribution in [-0.2, 0) is 26.2 Å². The molecule has 10 heteroatoms. The Kier molecular flexibility index (Phi) is 10.6. The number of sulfonamides is 1. The molecular weight excluding hydrogens is 569 g/mol. The minimum Gasteiger partial charge on any atom is -0.354 e. The summed E-state index contributed by atoms with van der Waals surface area (Å²) < 4.78 is 28.8. The van der Waals surface area contributed by atoms with E-state index in [1.54, 1.807) is 55.5 Å². The largest absolute Gasteiger partial charge is 0.354 e. The van der Waals surface area contributed by atoms with E-state index in [9.17, 15) is 18.0 Å². The number of rotatable bonds is 11. The SMILES string of the molecule is Cc1ccc(N(CC(=O)N(Cc2ccc(Cl)cc2Cl)[C@H](C)C(=O)NCC(C)C)S(=O)(=O)c2ccccc2)cc1C. The molecule has 3 aromatic carbocycles. The number of nitrogens with zero attached hydrogens (tertiary/aromatic N) is 2. The third-order valence-corrected chi connectivity index (χ3v) is 8.97. The number of hydrogen-bond acceptors (Lipinski definition) is 4. The van der Waals surface area contributed by atoms with Crippen LogP contribution in [0.1, 0.15) is 37.5 Å². The molecule has 0 aliphatic heterocycles. The molecule has 0 spiro atoms. The van der Waals surface area contributed by atoms with Crippen molar-refractivity contribution < 1.29 is 18.0 Å². The van der Waals surface area contributed by atoms with Crippen LogP contribution in [0.2, 0.25) is 10.0 Å². The van der Waals surface area contributed by atoms with Gasteiger partial charge in [0.25, 0.3) is 10.0 Å². The molecule has 3 aromatic rings. The third kappa shape index (κ3) is 7.77. The van der Waals surface area contributed by atoms with E-state index in [1.165, 1.54) is 17.0 Å². The van der Waals surface area contributed by atoms with Crippen LogP contribution in [0.15, 0.2) is 71.6 Å². The molecule has 0 saturated carbocycles. The number of hydrogen-bond donors (Lipinski definition) is 1. The van der Waals surface area contributed by atoms with Gasteiger partial charge in [0.05, 0.1) is 10.6 Å². The monoisotopic (exact) mass is 603 g/mol. The number of halogens is 2. The minimum atomic E-state index is -4.12. The zero-order valence-corrected chi connectivity index (χ0v) is 25.6. The van der Waals surface area contributed by atoms with Crippen molar-refractivity contribution in [3.63, 3.8) is 0 Å². The highest BCUT2D eigenvalue weighted by Gasteiger charge is 2.33. The zero-order valence-electron chi connectivity index (χ0n) is 23.3. The lowest BCUT2D eigenvalue weighted by Gasteiger charge is -2.32. The summed E-state index contributed by atoms with van der Waals surface area (Å²) in [6.07, 6.45) is 0. The van der Waals surface area contributed by atoms with Gasteiger partial charge in [-0.15, -0.1) is 0 Å². The molecule has 1 atom stereocenters. The number of carbonyl (C=O) groups is 2. The van der Waals surface area contributed by atoms with Gasteiger partial charge in [-0.05, 0) is 79.8 Å². The molecule has 0 aliphatic rings. The predicted octanol–water partition coefficient (Wildman–Crippen LogP) is 6.00. The first-order valence-corrected chi connectivity index (χ1v) is 15.2. The lowest BCUT2D eigenvalue weighted by Crippen LogP contribution is -2.51. The van der Waals surface area contributed by atoms with Gasteiger partial charge in [0.1, 0.15) is 12.6 Å². The number of anilines is 1. The summed E-state index contributed by atoms with van der Waals surface area (Å²) in [4.78, 5) is 28.5. The van der Waals surface area contributed by atoms with Crippen molar-refractivity contribution in [2.24, 2.45) is 5.92 Å². The van der Waals surface area contributed by atoms with E-state index in [0.29, 0.717) is 27.8 Å². The second kappa shape index (κ2) is 13.5. The second-order valence-electron chi connectivity index (χ2n) is 10.2. The normalized spacial score (nSPS) is 12.2. The maximum absolute atomic E-state index is 14.0. The highest BCUT2D eigenvalue weighted by Crippen LogP contribution is 2.27. The summed E-state index contributed by atoms with van der Waals surface area (Å²) in [5, 5.41) is 3.63. The predicted molar refractivity (Wildman–Crippen MR) is 161 cm³/mol. The number of nitrogens with one attached hydrogen (secondary N) is 1. The van der Waals surface area contributed by atoms with Crippen molar-refractivity contribution >= 4 is 50.7 Å². The molecule has 3 rings (SSSR count). The van der Waals surface area contributed by atoms with Crippen molar-refractivity contribution in [1.82, 2.24) is 10.2 Å². The maximum Gasteiger partial charge on any atom is 0.264 e. The Morgan fingerprint density at radius 3 is 2.17 bits per heavy atom. The number of aryl methyl sites for hydroxylation is 2. The van der Waals surface area contributed by atoms with Crippen LogP contribution in [0.5, 0.6) is 0 Å². The molecule has 40 heavy (non-hydrogen) atoms. The molecule has 0 radical (unpaired) electrons. The summed E-state index contributed by atoms with van der Waals surface area (Å²) in [6.45, 7) is 9.26. The molecule has 214 valence electrons. The fraction of sp³-hybridized carbons (Fsp3) is 0.333. The molecule has 0 fully saturated rings. The fourth-order valence-corrected chi connectivity index (χ4v) is 5.89. The molecular formula is C30H35Cl2N3O4S. The van der Waals surface area contributed by atoms with Crippen molar-refractivity contribution in [2.75, 3.05) is 17.4 Å². The van der Waals surface area contributed by atoms with E-state index in [1.807, 2.05) is 33.8 Å². The van der Waals surface area contributed by atoms with Gasteiger partial charge in [-0.1, -0.05) is 67.4 Å². The molecule has 0 heterocycles. The first-order chi connectivity index (χ1) is 18.8. The topological polar surface area (TPSA) is 86.8 Å². The summed E-state index contributed by atoms with van der Waals surface area (Å²) in [6, 6.07) is 17.2. The van der Waals surface area contributed by atoms with Gasteiger partial charge in [-0.25, -0.2) is 8.42 Å². The Balaban J connectivity index is 2.05. The highest BCUT2D eigenvalue weighted by molar-refractivity contribution is 7.92. The van der Waals surface area contributed by atoms with Gasteiger partial charge in [0, 0.05) is 23.1 Å². The van der Waals surface area contributed by atoms with Gasteiger partial charge in [0.15, 0.2) is 0 Å². The van der Waals surface area contributed by atoms with E-state index in [-0.39, 0.29) is 23.3 Å². The van der Waals surface area contributed by atoms with Gasteiger partial charge >= 0.3 is 0 Å². The molecule has 0 bridgehead atoms. The van der Waals surface area contributed by atoms with E-state index in [0.717, 1.165) is 15.4 Å². The van der Waals surface area contributed by atoms with Crippen LogP contribution < -0.4 is 9.62 Å². The molecule has 7 nitrogen and oxygen atoms in total. The van der Waals surface area contributed by atoms with Gasteiger partial charge in [-0.2, -0.15) is 0 Å². The van der Waals surface area contributed by atoms with Crippen LogP contribution in [0.3, 0.4) is 0 Å². The average Bonchev–Trinajstić information content (AvgIpc) is 2.91. The lowest BCUT2D eigenvalue weighted by molar-refractivity contribution is -0.139. The molecule has 1 N–H and O–H groups in total. The van der Waals surface area contributed by atoms with Gasteiger partial charge in [-0.3, -0.25) is 13.9 Å². The molecule has 2 amide bonds. The summed E-state index contributed by atoms with van der Waals surface area (Å²) >= 11 is 12.5. The first kappa shape index (κ1) is 31.5. The molecule has 0 unspecified atom stereocenters. The number of amides is 2. The van der Waals surface area contributed by atoms with Crippen LogP contribution in [0.25, 0.3) is 0 Å². The Labute approximate surface area is 247 Å². The van der Waals surface area contributed by atoms with Gasteiger partial charge < -0.3 is 10.2 Å². The summed E-state index contributed by atoms with van der Waals surface area (Å²) in [5.41, 5.74) is 2.79. The quantitative estimate of drug-likeness (QED) is 0.291. The second-order valence-corrected chi connectivity index (χ2v) is 12.9. The van der Waals surface area contributed by atoms with Crippen molar-refractivity contribution in [2.45, 2.75) is 52.1 Å². The van der Waals surface area contributed by atoms with Crippen molar-refractivity contribution in [3.05, 3.63) is 93.5 Å². The minimum absolute atomic E-state index is 0.0166. The Morgan fingerprint density at radius 2 is 1.57 bits per heavy atom. The number of carbonyl (C=O) groups excluding carboxylic acids is 2. The van der Waals surface area contributed by atoms with Gasteiger partial charge in [0.2, 0.25) is 11.8 Å². The zero-order chi connectivity index (χ0) is 29.6. The summed E-state index contributed by atoms with van der Waals surface area (Å²) in [7, 11) is -4.12. The maximum atomic E-state index is 14.0. The van der Waals surface area contributed by atoms with Crippen LogP contribution in [0, 0.1) is 19.8 Å². The van der Waals surface area contributed by atoms with E-state index < -0.39 is 28.5 Å². The third-order valence-electron chi connectivity index (χ3n) is 6.60. The Morgan fingerprint density at radius 1 is 0.900 bits per heavy atom. The molecule has 0 aliphatic carbocycles. The van der Waals surface area contributed by atoms with E-state index >= 15 is 0 Å². The number of benzene rings is 3. The average molecular weight is 605 g/mol. The molecule has 0 aromatic heterocycles. The van der Waals surface area contributed by atoms with Crippen LogP contribution in [0.4, 0.5) is 5.69 Å². The van der Waals surface area contributed by atoms with E-state index in [2.05, 4.69) is 5.32 Å². The first-order valence-electron chi connectivity index (χ1n) is 13.0. The molecule has 0 saturated heterocycles. The standard InChI is InChI=1S/C30H35Cl2N3O4S/c1-20(2)17-33-30(37)23(5)34(18-24-12-13-25(31)16-28(24)32)29(36)19-35(26-14-11-21(3)22(4)15-26)40(38,39)27-9-7-6-8-10-27/h6-16,20,23H,17-19H2,1-5H3,(H,33,37)/t23-/m1/s1. The van der Waals surface area contributed by atoms with E-state index in [4.69, 9.17) is 23.2 Å². The Hall–Kier alpha value is -3.07. The fourth-order valence-electron chi connectivity index (χ4n) is 4.00. The van der Waals surface area contributed by atoms with Crippen LogP contribution >= 0.6 is 23.2 Å².